The van der Waals surface area contributed by atoms with Crippen LogP contribution in [0.5, 0.6) is 5.75 Å². The van der Waals surface area contributed by atoms with Crippen LogP contribution in [0.2, 0.25) is 0 Å². The minimum Gasteiger partial charge on any atom is -0.497 e. The Hall–Kier alpha value is -2.86. The van der Waals surface area contributed by atoms with Gasteiger partial charge in [-0.15, -0.1) is 0 Å². The van der Waals surface area contributed by atoms with Crippen molar-refractivity contribution in [1.29, 1.82) is 0 Å². The molecule has 0 bridgehead atoms. The van der Waals surface area contributed by atoms with Crippen LogP contribution in [0.4, 0.5) is 0 Å². The highest BCUT2D eigenvalue weighted by molar-refractivity contribution is 7.16. The van der Waals surface area contributed by atoms with Crippen molar-refractivity contribution >= 4 is 38.4 Å². The van der Waals surface area contributed by atoms with E-state index in [4.69, 9.17) is 9.15 Å². The Kier molecular flexibility index (Phi) is 3.89. The minimum absolute atomic E-state index is 0.249. The molecule has 0 saturated heterocycles. The van der Waals surface area contributed by atoms with Crippen molar-refractivity contribution in [3.8, 4) is 5.75 Å². The molecular formula is C19H16N2O3S. The molecule has 0 aliphatic carbocycles. The molecule has 5 nitrogen and oxygen atoms in total. The summed E-state index contributed by atoms with van der Waals surface area (Å²) in [6.07, 6.45) is 0. The average Bonchev–Trinajstić information content (AvgIpc) is 3.21. The van der Waals surface area contributed by atoms with E-state index in [1.165, 1.54) is 11.3 Å². The lowest BCUT2D eigenvalue weighted by molar-refractivity contribution is 0.0973. The highest BCUT2D eigenvalue weighted by Gasteiger charge is 2.13. The molecule has 4 aromatic rings. The molecule has 0 saturated carbocycles. The molecule has 0 atom stereocenters. The van der Waals surface area contributed by atoms with Crippen LogP contribution in [0.15, 0.2) is 57.9 Å². The van der Waals surface area contributed by atoms with Crippen molar-refractivity contribution in [2.75, 3.05) is 7.11 Å². The van der Waals surface area contributed by atoms with E-state index < -0.39 is 0 Å². The molecule has 0 radical (unpaired) electrons. The maximum atomic E-state index is 12.6. The number of carbonyl (C=O) groups is 1. The predicted molar refractivity (Wildman–Crippen MR) is 98.1 cm³/mol. The zero-order valence-electron chi connectivity index (χ0n) is 13.9. The van der Waals surface area contributed by atoms with Crippen LogP contribution in [0, 0.1) is 0 Å². The number of rotatable bonds is 3. The second-order valence-electron chi connectivity index (χ2n) is 5.53. The number of hydrogen-bond donors (Lipinski definition) is 0. The molecule has 25 heavy (non-hydrogen) atoms. The summed E-state index contributed by atoms with van der Waals surface area (Å²) in [5, 5.41) is 0.894. The van der Waals surface area contributed by atoms with Gasteiger partial charge in [-0.25, -0.2) is 0 Å². The molecule has 0 N–H and O–H groups in total. The molecule has 0 spiro atoms. The Morgan fingerprint density at radius 3 is 2.84 bits per heavy atom. The van der Waals surface area contributed by atoms with E-state index >= 15 is 0 Å². The lowest BCUT2D eigenvalue weighted by atomic mass is 10.2. The summed E-state index contributed by atoms with van der Waals surface area (Å²) < 4.78 is 13.9. The third kappa shape index (κ3) is 2.74. The number of aryl methyl sites for hydroxylation is 1. The Labute approximate surface area is 147 Å². The van der Waals surface area contributed by atoms with Gasteiger partial charge in [0.05, 0.1) is 17.3 Å². The Balaban J connectivity index is 1.83. The van der Waals surface area contributed by atoms with Gasteiger partial charge in [-0.2, -0.15) is 4.99 Å². The van der Waals surface area contributed by atoms with Gasteiger partial charge in [0, 0.05) is 11.9 Å². The summed E-state index contributed by atoms with van der Waals surface area (Å²) in [4.78, 5) is 17.5. The molecule has 4 rings (SSSR count). The molecule has 2 aromatic carbocycles. The number of carbonyl (C=O) groups excluding carboxylic acids is 1. The molecule has 2 aromatic heterocycles. The van der Waals surface area contributed by atoms with E-state index in [0.717, 1.165) is 27.9 Å². The van der Waals surface area contributed by atoms with Gasteiger partial charge in [0.15, 0.2) is 10.6 Å². The fraction of sp³-hybridized carbons (Fsp3) is 0.158. The van der Waals surface area contributed by atoms with E-state index in [9.17, 15) is 4.79 Å². The fourth-order valence-corrected chi connectivity index (χ4v) is 3.92. The van der Waals surface area contributed by atoms with Crippen LogP contribution in [0.1, 0.15) is 17.5 Å². The number of para-hydroxylation sites is 1. The number of benzene rings is 2. The normalized spacial score (nSPS) is 12.2. The van der Waals surface area contributed by atoms with Crippen molar-refractivity contribution in [1.82, 2.24) is 4.57 Å². The highest BCUT2D eigenvalue weighted by Crippen LogP contribution is 2.23. The zero-order valence-corrected chi connectivity index (χ0v) is 14.7. The number of methoxy groups -OCH3 is 1. The van der Waals surface area contributed by atoms with Gasteiger partial charge in [0.1, 0.15) is 11.3 Å². The van der Waals surface area contributed by atoms with E-state index in [1.54, 1.807) is 13.2 Å². The van der Waals surface area contributed by atoms with Gasteiger partial charge >= 0.3 is 5.91 Å². The maximum absolute atomic E-state index is 12.6. The van der Waals surface area contributed by atoms with Crippen LogP contribution in [0.25, 0.3) is 21.2 Å². The van der Waals surface area contributed by atoms with E-state index in [1.807, 2.05) is 54.0 Å². The number of thiazole rings is 1. The van der Waals surface area contributed by atoms with Crippen molar-refractivity contribution in [3.05, 3.63) is 59.1 Å². The zero-order chi connectivity index (χ0) is 17.4. The molecule has 0 aliphatic heterocycles. The Morgan fingerprint density at radius 2 is 2.08 bits per heavy atom. The summed E-state index contributed by atoms with van der Waals surface area (Å²) in [5.74, 6) is 0.656. The summed E-state index contributed by atoms with van der Waals surface area (Å²) >= 11 is 1.46. The molecule has 0 fully saturated rings. The maximum Gasteiger partial charge on any atom is 0.315 e. The Bertz CT molecular complexity index is 1120. The quantitative estimate of drug-likeness (QED) is 0.555. The van der Waals surface area contributed by atoms with E-state index in [-0.39, 0.29) is 11.7 Å². The van der Waals surface area contributed by atoms with Gasteiger partial charge < -0.3 is 13.7 Å². The summed E-state index contributed by atoms with van der Waals surface area (Å²) in [5.41, 5.74) is 1.72. The number of nitrogens with zero attached hydrogens (tertiary/aromatic N) is 2. The van der Waals surface area contributed by atoms with Crippen molar-refractivity contribution in [3.63, 3.8) is 0 Å². The lowest BCUT2D eigenvalue weighted by Gasteiger charge is -2.01. The topological polar surface area (TPSA) is 56.7 Å². The van der Waals surface area contributed by atoms with Crippen LogP contribution in [-0.4, -0.2) is 17.6 Å². The molecule has 2 heterocycles. The molecular weight excluding hydrogens is 336 g/mol. The van der Waals surface area contributed by atoms with Gasteiger partial charge in [-0.05, 0) is 37.3 Å². The third-order valence-corrected chi connectivity index (χ3v) is 5.08. The molecule has 6 heteroatoms. The van der Waals surface area contributed by atoms with Crippen molar-refractivity contribution < 1.29 is 13.9 Å². The number of fused-ring (bicyclic) bond motifs is 2. The van der Waals surface area contributed by atoms with Crippen molar-refractivity contribution in [2.45, 2.75) is 13.5 Å². The van der Waals surface area contributed by atoms with E-state index in [2.05, 4.69) is 4.99 Å². The number of furan rings is 1. The Morgan fingerprint density at radius 1 is 1.24 bits per heavy atom. The third-order valence-electron chi connectivity index (χ3n) is 4.04. The predicted octanol–water partition coefficient (Wildman–Crippen LogP) is 4.22. The molecule has 1 amide bonds. The second kappa shape index (κ2) is 6.22. The van der Waals surface area contributed by atoms with Crippen LogP contribution < -0.4 is 9.54 Å². The van der Waals surface area contributed by atoms with Gasteiger partial charge in [-0.3, -0.25) is 4.79 Å². The number of aromatic nitrogens is 1. The monoisotopic (exact) mass is 352 g/mol. The molecule has 0 aliphatic rings. The highest BCUT2D eigenvalue weighted by atomic mass is 32.1. The standard InChI is InChI=1S/C19H16N2O3S/c1-3-21-14-9-8-13(23-2)11-17(14)25-19(21)20-18(22)16-10-12-6-4-5-7-15(12)24-16/h4-11H,3H2,1-2H3. The van der Waals surface area contributed by atoms with E-state index in [0.29, 0.717) is 10.4 Å². The van der Waals surface area contributed by atoms with Gasteiger partial charge in [0.2, 0.25) is 0 Å². The van der Waals surface area contributed by atoms with Gasteiger partial charge in [-0.1, -0.05) is 29.5 Å². The van der Waals surface area contributed by atoms with Crippen LogP contribution >= 0.6 is 11.3 Å². The van der Waals surface area contributed by atoms with Crippen molar-refractivity contribution in [2.24, 2.45) is 4.99 Å². The largest absolute Gasteiger partial charge is 0.497 e. The molecule has 126 valence electrons. The smallest absolute Gasteiger partial charge is 0.315 e. The first-order chi connectivity index (χ1) is 12.2. The summed E-state index contributed by atoms with van der Waals surface area (Å²) in [6.45, 7) is 2.75. The minimum atomic E-state index is -0.378. The van der Waals surface area contributed by atoms with Crippen LogP contribution in [0.3, 0.4) is 0 Å². The average molecular weight is 352 g/mol. The number of hydrogen-bond acceptors (Lipinski definition) is 4. The van der Waals surface area contributed by atoms with Gasteiger partial charge in [0.25, 0.3) is 0 Å². The number of amides is 1. The molecule has 0 unspecified atom stereocenters. The summed E-state index contributed by atoms with van der Waals surface area (Å²) in [7, 11) is 1.64. The first-order valence-corrected chi connectivity index (χ1v) is 8.76. The summed E-state index contributed by atoms with van der Waals surface area (Å²) in [6, 6.07) is 15.1. The van der Waals surface area contributed by atoms with Crippen LogP contribution in [-0.2, 0) is 6.54 Å². The second-order valence-corrected chi connectivity index (χ2v) is 6.54. The first kappa shape index (κ1) is 15.7. The SMILES string of the molecule is CCn1c(=NC(=O)c2cc3ccccc3o2)sc2cc(OC)ccc21. The lowest BCUT2D eigenvalue weighted by Crippen LogP contribution is -2.15. The first-order valence-electron chi connectivity index (χ1n) is 7.94. The fourth-order valence-electron chi connectivity index (χ4n) is 2.80. The number of ether oxygens (including phenoxy) is 1.